The van der Waals surface area contributed by atoms with Crippen molar-refractivity contribution in [1.82, 2.24) is 10.2 Å². The van der Waals surface area contributed by atoms with Gasteiger partial charge in [0.25, 0.3) is 0 Å². The van der Waals surface area contributed by atoms with Crippen LogP contribution in [0.15, 0.2) is 30.3 Å². The molecule has 0 aliphatic carbocycles. The van der Waals surface area contributed by atoms with E-state index in [9.17, 15) is 9.59 Å². The van der Waals surface area contributed by atoms with Gasteiger partial charge in [0.1, 0.15) is 29.4 Å². The molecular weight excluding hydrogens is 474 g/mol. The second-order valence-corrected chi connectivity index (χ2v) is 8.66. The van der Waals surface area contributed by atoms with Crippen LogP contribution in [0.4, 0.5) is 5.69 Å². The first-order valence-corrected chi connectivity index (χ1v) is 11.7. The number of esters is 1. The van der Waals surface area contributed by atoms with E-state index in [0.29, 0.717) is 29.5 Å². The van der Waals surface area contributed by atoms with Gasteiger partial charge >= 0.3 is 5.97 Å². The summed E-state index contributed by atoms with van der Waals surface area (Å²) in [5.74, 6) is 1.09. The van der Waals surface area contributed by atoms with Crippen molar-refractivity contribution in [3.63, 3.8) is 0 Å². The number of ether oxygens (including phenoxy) is 4. The number of piperidine rings is 1. The molecule has 35 heavy (non-hydrogen) atoms. The minimum absolute atomic E-state index is 0.0555. The van der Waals surface area contributed by atoms with E-state index in [1.807, 2.05) is 6.07 Å². The van der Waals surface area contributed by atoms with Gasteiger partial charge in [0.15, 0.2) is 0 Å². The Kier molecular flexibility index (Phi) is 9.45. The lowest BCUT2D eigenvalue weighted by molar-refractivity contribution is -0.121. The molecule has 2 aromatic rings. The lowest BCUT2D eigenvalue weighted by atomic mass is 10.0. The zero-order chi connectivity index (χ0) is 25.4. The Morgan fingerprint density at radius 2 is 1.77 bits per heavy atom. The summed E-state index contributed by atoms with van der Waals surface area (Å²) in [5.41, 5.74) is 7.11. The maximum atomic E-state index is 12.6. The molecule has 1 fully saturated rings. The predicted octanol–water partition coefficient (Wildman–Crippen LogP) is 2.93. The topological polar surface area (TPSA) is 112 Å². The number of anilines is 1. The number of carbonyl (C=O) groups is 2. The van der Waals surface area contributed by atoms with Crippen molar-refractivity contribution in [2.45, 2.75) is 25.3 Å². The number of nitrogens with one attached hydrogen (secondary N) is 1. The number of methoxy groups -OCH3 is 3. The first-order valence-electron chi connectivity index (χ1n) is 11.4. The van der Waals surface area contributed by atoms with Crippen molar-refractivity contribution in [2.24, 2.45) is 0 Å². The van der Waals surface area contributed by atoms with Crippen LogP contribution in [-0.4, -0.2) is 70.4 Å². The molecule has 10 heteroatoms. The average molecular weight is 506 g/mol. The molecule has 0 radical (unpaired) electrons. The van der Waals surface area contributed by atoms with Gasteiger partial charge < -0.3 is 30.0 Å². The Morgan fingerprint density at radius 1 is 1.06 bits per heavy atom. The van der Waals surface area contributed by atoms with E-state index >= 15 is 0 Å². The SMILES string of the molecule is COc1ccc(OC)c(CC(=O)NC2CCN(CCOC(=O)c3cc(Cl)c(N)cc3OC)CC2)c1. The molecule has 0 saturated carbocycles. The Labute approximate surface area is 210 Å². The lowest BCUT2D eigenvalue weighted by Crippen LogP contribution is -2.45. The van der Waals surface area contributed by atoms with Gasteiger partial charge in [0, 0.05) is 37.3 Å². The lowest BCUT2D eigenvalue weighted by Gasteiger charge is -2.32. The summed E-state index contributed by atoms with van der Waals surface area (Å²) in [6, 6.07) is 8.46. The average Bonchev–Trinajstić information content (AvgIpc) is 2.86. The molecule has 0 spiro atoms. The van der Waals surface area contributed by atoms with Crippen LogP contribution < -0.4 is 25.3 Å². The summed E-state index contributed by atoms with van der Waals surface area (Å²) < 4.78 is 21.2. The molecule has 1 heterocycles. The fourth-order valence-electron chi connectivity index (χ4n) is 4.02. The number of benzene rings is 2. The van der Waals surface area contributed by atoms with E-state index in [1.54, 1.807) is 26.4 Å². The molecule has 0 atom stereocenters. The normalized spacial score (nSPS) is 14.3. The fourth-order valence-corrected chi connectivity index (χ4v) is 4.18. The number of nitrogens with zero attached hydrogens (tertiary/aromatic N) is 1. The Morgan fingerprint density at radius 3 is 2.43 bits per heavy atom. The Hall–Kier alpha value is -3.17. The third kappa shape index (κ3) is 7.16. The van der Waals surface area contributed by atoms with Crippen LogP contribution in [0.25, 0.3) is 0 Å². The molecule has 1 aliphatic rings. The van der Waals surface area contributed by atoms with Crippen LogP contribution in [0.5, 0.6) is 17.2 Å². The van der Waals surface area contributed by atoms with Crippen molar-refractivity contribution < 1.29 is 28.5 Å². The zero-order valence-electron chi connectivity index (χ0n) is 20.3. The van der Waals surface area contributed by atoms with Gasteiger partial charge in [-0.2, -0.15) is 0 Å². The summed E-state index contributed by atoms with van der Waals surface area (Å²) >= 11 is 6.03. The van der Waals surface area contributed by atoms with Crippen molar-refractivity contribution in [1.29, 1.82) is 0 Å². The maximum Gasteiger partial charge on any atom is 0.342 e. The van der Waals surface area contributed by atoms with Gasteiger partial charge in [-0.15, -0.1) is 0 Å². The van der Waals surface area contributed by atoms with E-state index in [-0.39, 0.29) is 35.6 Å². The molecule has 2 aromatic carbocycles. The molecule has 9 nitrogen and oxygen atoms in total. The van der Waals surface area contributed by atoms with Crippen molar-refractivity contribution >= 4 is 29.2 Å². The quantitative estimate of drug-likeness (QED) is 0.374. The molecule has 0 aromatic heterocycles. The van der Waals surface area contributed by atoms with Crippen LogP contribution in [0.1, 0.15) is 28.8 Å². The Balaban J connectivity index is 1.42. The standard InChI is InChI=1S/C25H32ClN3O6/c1-32-18-4-5-22(33-2)16(12-18)13-24(30)28-17-6-8-29(9-7-17)10-11-35-25(31)19-14-20(26)21(27)15-23(19)34-3/h4-5,12,14-15,17H,6-11,13,27H2,1-3H3,(H,28,30). The summed E-state index contributed by atoms with van der Waals surface area (Å²) in [7, 11) is 4.62. The molecule has 1 aliphatic heterocycles. The Bertz CT molecular complexity index is 1040. The van der Waals surface area contributed by atoms with Gasteiger partial charge in [-0.25, -0.2) is 4.79 Å². The monoisotopic (exact) mass is 505 g/mol. The first-order chi connectivity index (χ1) is 16.8. The molecule has 1 saturated heterocycles. The molecular formula is C25H32ClN3O6. The molecule has 3 N–H and O–H groups in total. The van der Waals surface area contributed by atoms with E-state index in [0.717, 1.165) is 31.5 Å². The van der Waals surface area contributed by atoms with Crippen LogP contribution in [0.3, 0.4) is 0 Å². The van der Waals surface area contributed by atoms with Crippen molar-refractivity contribution in [2.75, 3.05) is 53.3 Å². The third-order valence-electron chi connectivity index (χ3n) is 5.97. The van der Waals surface area contributed by atoms with Gasteiger partial charge in [-0.05, 0) is 37.1 Å². The number of halogens is 1. The maximum absolute atomic E-state index is 12.6. The fraction of sp³-hybridized carbons (Fsp3) is 0.440. The summed E-state index contributed by atoms with van der Waals surface area (Å²) in [6.45, 7) is 2.42. The molecule has 0 bridgehead atoms. The van der Waals surface area contributed by atoms with Crippen LogP contribution in [0, 0.1) is 0 Å². The summed E-state index contributed by atoms with van der Waals surface area (Å²) in [5, 5.41) is 3.38. The molecule has 3 rings (SSSR count). The van der Waals surface area contributed by atoms with Crippen LogP contribution in [-0.2, 0) is 16.0 Å². The van der Waals surface area contributed by atoms with Crippen LogP contribution in [0.2, 0.25) is 5.02 Å². The van der Waals surface area contributed by atoms with Crippen LogP contribution >= 0.6 is 11.6 Å². The largest absolute Gasteiger partial charge is 0.497 e. The number of rotatable bonds is 10. The smallest absolute Gasteiger partial charge is 0.342 e. The highest BCUT2D eigenvalue weighted by molar-refractivity contribution is 6.33. The van der Waals surface area contributed by atoms with Crippen molar-refractivity contribution in [3.8, 4) is 17.2 Å². The van der Waals surface area contributed by atoms with E-state index < -0.39 is 5.97 Å². The van der Waals surface area contributed by atoms with E-state index in [1.165, 1.54) is 19.2 Å². The summed E-state index contributed by atoms with van der Waals surface area (Å²) in [4.78, 5) is 27.3. The number of nitrogens with two attached hydrogens (primary N) is 1. The molecule has 0 unspecified atom stereocenters. The number of carbonyl (C=O) groups excluding carboxylic acids is 2. The number of hydrogen-bond donors (Lipinski definition) is 2. The number of likely N-dealkylation sites (tertiary alicyclic amines) is 1. The highest BCUT2D eigenvalue weighted by atomic mass is 35.5. The van der Waals surface area contributed by atoms with Gasteiger partial charge in [-0.1, -0.05) is 11.6 Å². The first kappa shape index (κ1) is 26.4. The number of nitrogen functional groups attached to an aromatic ring is 1. The van der Waals surface area contributed by atoms with E-state index in [4.69, 9.17) is 36.3 Å². The van der Waals surface area contributed by atoms with E-state index in [2.05, 4.69) is 10.2 Å². The second-order valence-electron chi connectivity index (χ2n) is 8.25. The minimum Gasteiger partial charge on any atom is -0.497 e. The molecule has 190 valence electrons. The number of hydrogen-bond acceptors (Lipinski definition) is 8. The minimum atomic E-state index is -0.515. The highest BCUT2D eigenvalue weighted by Crippen LogP contribution is 2.29. The van der Waals surface area contributed by atoms with Gasteiger partial charge in [0.2, 0.25) is 5.91 Å². The molecule has 1 amide bonds. The van der Waals surface area contributed by atoms with Crippen molar-refractivity contribution in [3.05, 3.63) is 46.5 Å². The second kappa shape index (κ2) is 12.5. The zero-order valence-corrected chi connectivity index (χ0v) is 21.0. The number of amides is 1. The predicted molar refractivity (Wildman–Crippen MR) is 134 cm³/mol. The summed E-state index contributed by atoms with van der Waals surface area (Å²) in [6.07, 6.45) is 1.85. The van der Waals surface area contributed by atoms with Gasteiger partial charge in [0.05, 0.1) is 38.5 Å². The van der Waals surface area contributed by atoms with Gasteiger partial charge in [-0.3, -0.25) is 9.69 Å². The third-order valence-corrected chi connectivity index (χ3v) is 6.30. The highest BCUT2D eigenvalue weighted by Gasteiger charge is 2.22.